The van der Waals surface area contributed by atoms with E-state index < -0.39 is 0 Å². The minimum absolute atomic E-state index is 0.953. The van der Waals surface area contributed by atoms with E-state index in [1.807, 2.05) is 4.99 Å². The fourth-order valence-corrected chi connectivity index (χ4v) is 2.17. The molecule has 0 N–H and O–H groups in total. The first-order valence-electron chi connectivity index (χ1n) is 5.71. The molecule has 0 radical (unpaired) electrons. The van der Waals surface area contributed by atoms with Crippen LogP contribution in [-0.4, -0.2) is 18.5 Å². The normalized spacial score (nSPS) is 11.7. The molecule has 88 valence electrons. The lowest BCUT2D eigenvalue weighted by Gasteiger charge is -2.15. The highest BCUT2D eigenvalue weighted by Gasteiger charge is 2.02. The van der Waals surface area contributed by atoms with Gasteiger partial charge in [-0.15, -0.1) is 0 Å². The van der Waals surface area contributed by atoms with Crippen molar-refractivity contribution >= 4 is 26.7 Å². The maximum Gasteiger partial charge on any atom is 0.0240 e. The van der Waals surface area contributed by atoms with E-state index in [0.717, 1.165) is 13.1 Å². The molecule has 2 rings (SSSR count). The molecule has 0 atom stereocenters. The molecular weight excluding hydrogens is 274 g/mol. The molecule has 2 heteroatoms. The second kappa shape index (κ2) is 5.99. The molecule has 2 aromatic rings. The van der Waals surface area contributed by atoms with Crippen molar-refractivity contribution in [2.24, 2.45) is 0 Å². The van der Waals surface area contributed by atoms with Crippen LogP contribution in [0.15, 0.2) is 53.5 Å². The standard InChI is InChI=1S/C15H16BrN/c1-17(11-5-10-16)12-14-8-4-7-13-6-2-3-9-15(13)14/h2-10H,11-12H2,1H3/b10-5+. The molecule has 0 saturated heterocycles. The van der Waals surface area contributed by atoms with Gasteiger partial charge in [0.1, 0.15) is 0 Å². The molecule has 0 aliphatic carbocycles. The lowest BCUT2D eigenvalue weighted by atomic mass is 10.0. The van der Waals surface area contributed by atoms with E-state index in [2.05, 4.69) is 76.4 Å². The topological polar surface area (TPSA) is 3.24 Å². The van der Waals surface area contributed by atoms with E-state index in [9.17, 15) is 0 Å². The fourth-order valence-electron chi connectivity index (χ4n) is 2.01. The van der Waals surface area contributed by atoms with Crippen molar-refractivity contribution in [1.82, 2.24) is 4.90 Å². The van der Waals surface area contributed by atoms with E-state index >= 15 is 0 Å². The Labute approximate surface area is 111 Å². The molecule has 2 aromatic carbocycles. The Kier molecular flexibility index (Phi) is 4.35. The van der Waals surface area contributed by atoms with E-state index in [1.54, 1.807) is 0 Å². The maximum absolute atomic E-state index is 3.30. The van der Waals surface area contributed by atoms with Crippen LogP contribution in [0.4, 0.5) is 0 Å². The number of likely N-dealkylation sites (N-methyl/N-ethyl adjacent to an activating group) is 1. The Balaban J connectivity index is 2.23. The summed E-state index contributed by atoms with van der Waals surface area (Å²) in [5, 5.41) is 2.67. The van der Waals surface area contributed by atoms with Gasteiger partial charge in [0.15, 0.2) is 0 Å². The van der Waals surface area contributed by atoms with Crippen LogP contribution in [0, 0.1) is 0 Å². The first-order valence-corrected chi connectivity index (χ1v) is 6.63. The van der Waals surface area contributed by atoms with Crippen molar-refractivity contribution < 1.29 is 0 Å². The minimum Gasteiger partial charge on any atom is -0.298 e. The van der Waals surface area contributed by atoms with Crippen molar-refractivity contribution in [3.8, 4) is 0 Å². The molecule has 1 nitrogen and oxygen atoms in total. The van der Waals surface area contributed by atoms with Crippen molar-refractivity contribution in [2.75, 3.05) is 13.6 Å². The van der Waals surface area contributed by atoms with Crippen molar-refractivity contribution in [3.63, 3.8) is 0 Å². The van der Waals surface area contributed by atoms with Gasteiger partial charge < -0.3 is 0 Å². The van der Waals surface area contributed by atoms with Gasteiger partial charge in [-0.05, 0) is 28.4 Å². The monoisotopic (exact) mass is 289 g/mol. The van der Waals surface area contributed by atoms with Gasteiger partial charge in [-0.2, -0.15) is 0 Å². The van der Waals surface area contributed by atoms with Gasteiger partial charge in [0.2, 0.25) is 0 Å². The number of rotatable bonds is 4. The van der Waals surface area contributed by atoms with Crippen LogP contribution < -0.4 is 0 Å². The lowest BCUT2D eigenvalue weighted by molar-refractivity contribution is 0.365. The summed E-state index contributed by atoms with van der Waals surface area (Å²) in [6, 6.07) is 15.0. The molecule has 0 aliphatic rings. The van der Waals surface area contributed by atoms with E-state index in [1.165, 1.54) is 16.3 Å². The summed E-state index contributed by atoms with van der Waals surface area (Å²) in [6.07, 6.45) is 2.10. The highest BCUT2D eigenvalue weighted by molar-refractivity contribution is 9.11. The Bertz CT molecular complexity index is 514. The molecule has 0 aliphatic heterocycles. The number of nitrogens with zero attached hydrogens (tertiary/aromatic N) is 1. The zero-order valence-electron chi connectivity index (χ0n) is 9.94. The van der Waals surface area contributed by atoms with Gasteiger partial charge in [0, 0.05) is 13.1 Å². The summed E-state index contributed by atoms with van der Waals surface area (Å²) >= 11 is 3.30. The van der Waals surface area contributed by atoms with Crippen molar-refractivity contribution in [2.45, 2.75) is 6.54 Å². The number of hydrogen-bond donors (Lipinski definition) is 0. The van der Waals surface area contributed by atoms with Crippen LogP contribution in [0.3, 0.4) is 0 Å². The fraction of sp³-hybridized carbons (Fsp3) is 0.200. The van der Waals surface area contributed by atoms with Gasteiger partial charge in [-0.1, -0.05) is 64.5 Å². The van der Waals surface area contributed by atoms with Crippen LogP contribution in [-0.2, 0) is 6.54 Å². The third-order valence-corrected chi connectivity index (χ3v) is 3.20. The number of halogens is 1. The molecule has 0 heterocycles. The van der Waals surface area contributed by atoms with Gasteiger partial charge in [-0.25, -0.2) is 0 Å². The van der Waals surface area contributed by atoms with Gasteiger partial charge in [-0.3, -0.25) is 4.90 Å². The average Bonchev–Trinajstić information content (AvgIpc) is 2.37. The molecule has 0 fully saturated rings. The third-order valence-electron chi connectivity index (χ3n) is 2.83. The largest absolute Gasteiger partial charge is 0.298 e. The Morgan fingerprint density at radius 1 is 1.12 bits per heavy atom. The van der Waals surface area contributed by atoms with Crippen LogP contribution in [0.1, 0.15) is 5.56 Å². The molecule has 0 saturated carbocycles. The van der Waals surface area contributed by atoms with Crippen molar-refractivity contribution in [1.29, 1.82) is 0 Å². The first-order chi connectivity index (χ1) is 8.31. The number of hydrogen-bond acceptors (Lipinski definition) is 1. The van der Waals surface area contributed by atoms with E-state index in [0.29, 0.717) is 0 Å². The van der Waals surface area contributed by atoms with Crippen molar-refractivity contribution in [3.05, 3.63) is 59.1 Å². The predicted molar refractivity (Wildman–Crippen MR) is 78.3 cm³/mol. The zero-order chi connectivity index (χ0) is 12.1. The second-order valence-corrected chi connectivity index (χ2v) is 4.73. The van der Waals surface area contributed by atoms with Crippen LogP contribution >= 0.6 is 15.9 Å². The molecule has 0 unspecified atom stereocenters. The smallest absolute Gasteiger partial charge is 0.0240 e. The summed E-state index contributed by atoms with van der Waals surface area (Å²) in [7, 11) is 2.13. The van der Waals surface area contributed by atoms with Gasteiger partial charge in [0.25, 0.3) is 0 Å². The zero-order valence-corrected chi connectivity index (χ0v) is 11.5. The SMILES string of the molecule is CN(C/C=C/Br)Cc1cccc2ccccc12. The summed E-state index contributed by atoms with van der Waals surface area (Å²) in [6.45, 7) is 1.92. The lowest BCUT2D eigenvalue weighted by Crippen LogP contribution is -2.17. The Hall–Kier alpha value is -1.12. The predicted octanol–water partition coefficient (Wildman–Crippen LogP) is 4.18. The van der Waals surface area contributed by atoms with E-state index in [-0.39, 0.29) is 0 Å². The molecule has 0 bridgehead atoms. The number of benzene rings is 2. The number of fused-ring (bicyclic) bond motifs is 1. The third kappa shape index (κ3) is 3.18. The molecule has 0 aromatic heterocycles. The molecule has 0 amide bonds. The van der Waals surface area contributed by atoms with Gasteiger partial charge in [0.05, 0.1) is 0 Å². The van der Waals surface area contributed by atoms with Gasteiger partial charge >= 0.3 is 0 Å². The highest BCUT2D eigenvalue weighted by atomic mass is 79.9. The Morgan fingerprint density at radius 3 is 2.71 bits per heavy atom. The van der Waals surface area contributed by atoms with Crippen LogP contribution in [0.5, 0.6) is 0 Å². The quantitative estimate of drug-likeness (QED) is 0.816. The molecule has 17 heavy (non-hydrogen) atoms. The molecular formula is C15H16BrN. The summed E-state index contributed by atoms with van der Waals surface area (Å²) in [5.41, 5.74) is 1.38. The summed E-state index contributed by atoms with van der Waals surface area (Å²) in [4.78, 5) is 4.20. The van der Waals surface area contributed by atoms with Crippen LogP contribution in [0.2, 0.25) is 0 Å². The second-order valence-electron chi connectivity index (χ2n) is 4.20. The summed E-state index contributed by atoms with van der Waals surface area (Å²) < 4.78 is 0. The molecule has 0 spiro atoms. The highest BCUT2D eigenvalue weighted by Crippen LogP contribution is 2.19. The Morgan fingerprint density at radius 2 is 1.88 bits per heavy atom. The minimum atomic E-state index is 0.953. The maximum atomic E-state index is 3.30. The first kappa shape index (κ1) is 12.3. The van der Waals surface area contributed by atoms with E-state index in [4.69, 9.17) is 0 Å². The van der Waals surface area contributed by atoms with Crippen LogP contribution in [0.25, 0.3) is 10.8 Å². The average molecular weight is 290 g/mol. The summed E-state index contributed by atoms with van der Waals surface area (Å²) in [5.74, 6) is 0.